The van der Waals surface area contributed by atoms with Gasteiger partial charge in [-0.2, -0.15) is 13.2 Å². The molecule has 1 unspecified atom stereocenters. The highest BCUT2D eigenvalue weighted by Crippen LogP contribution is 2.31. The van der Waals surface area contributed by atoms with E-state index in [-0.39, 0.29) is 24.8 Å². The highest BCUT2D eigenvalue weighted by atomic mass is 19.4. The van der Waals surface area contributed by atoms with Crippen LogP contribution in [0.5, 0.6) is 5.75 Å². The predicted octanol–water partition coefficient (Wildman–Crippen LogP) is 4.17. The summed E-state index contributed by atoms with van der Waals surface area (Å²) in [5, 5.41) is 0.876. The lowest BCUT2D eigenvalue weighted by molar-refractivity contribution is -0.137. The number of rotatable bonds is 4. The number of hydrogen-bond acceptors (Lipinski definition) is 4. The second-order valence-corrected chi connectivity index (χ2v) is 7.00. The topological polar surface area (TPSA) is 51.7 Å². The van der Waals surface area contributed by atoms with Crippen molar-refractivity contribution in [2.75, 3.05) is 26.3 Å². The molecular weight excluding hydrogens is 397 g/mol. The van der Waals surface area contributed by atoms with Gasteiger partial charge < -0.3 is 14.4 Å². The van der Waals surface area contributed by atoms with E-state index in [4.69, 9.17) is 9.47 Å². The van der Waals surface area contributed by atoms with E-state index in [1.54, 1.807) is 17.2 Å². The maximum Gasteiger partial charge on any atom is 0.416 e. The number of ether oxygens (including phenoxy) is 2. The third-order valence-electron chi connectivity index (χ3n) is 4.86. The Bertz CT molecular complexity index is 1050. The number of carbonyl (C=O) groups is 1. The summed E-state index contributed by atoms with van der Waals surface area (Å²) in [7, 11) is 0. The summed E-state index contributed by atoms with van der Waals surface area (Å²) in [6.45, 7) is 1.07. The number of alkyl halides is 3. The van der Waals surface area contributed by atoms with E-state index in [2.05, 4.69) is 4.98 Å². The molecule has 1 aliphatic heterocycles. The fraction of sp³-hybridized carbons (Fsp3) is 0.273. The van der Waals surface area contributed by atoms with Crippen molar-refractivity contribution in [2.24, 2.45) is 0 Å². The Morgan fingerprint density at radius 3 is 2.83 bits per heavy atom. The highest BCUT2D eigenvalue weighted by molar-refractivity contribution is 5.97. The first-order chi connectivity index (χ1) is 14.4. The fourth-order valence-electron chi connectivity index (χ4n) is 3.33. The van der Waals surface area contributed by atoms with Gasteiger partial charge in [-0.25, -0.2) is 0 Å². The van der Waals surface area contributed by atoms with E-state index in [1.807, 2.05) is 24.3 Å². The molecule has 5 nitrogen and oxygen atoms in total. The average Bonchev–Trinajstić information content (AvgIpc) is 2.76. The highest BCUT2D eigenvalue weighted by Gasteiger charge is 2.31. The molecule has 1 saturated heterocycles. The van der Waals surface area contributed by atoms with Crippen LogP contribution in [0.15, 0.2) is 60.8 Å². The zero-order valence-electron chi connectivity index (χ0n) is 15.9. The molecule has 156 valence electrons. The van der Waals surface area contributed by atoms with Gasteiger partial charge in [0.05, 0.1) is 29.8 Å². The van der Waals surface area contributed by atoms with Crippen molar-refractivity contribution in [1.29, 1.82) is 0 Å². The molecule has 1 aromatic heterocycles. The van der Waals surface area contributed by atoms with Crippen LogP contribution in [0, 0.1) is 0 Å². The van der Waals surface area contributed by atoms with Crippen LogP contribution in [-0.4, -0.2) is 48.2 Å². The Morgan fingerprint density at radius 2 is 2.00 bits per heavy atom. The lowest BCUT2D eigenvalue weighted by atomic mass is 10.1. The summed E-state index contributed by atoms with van der Waals surface area (Å²) >= 11 is 0. The van der Waals surface area contributed by atoms with Crippen LogP contribution in [0.1, 0.15) is 15.9 Å². The zero-order chi connectivity index (χ0) is 21.1. The molecule has 0 aliphatic carbocycles. The number of morpholine rings is 1. The molecule has 1 fully saturated rings. The molecule has 1 aliphatic rings. The van der Waals surface area contributed by atoms with Gasteiger partial charge in [-0.1, -0.05) is 24.3 Å². The number of nitrogens with zero attached hydrogens (tertiary/aromatic N) is 2. The van der Waals surface area contributed by atoms with Gasteiger partial charge in [0.2, 0.25) is 0 Å². The quantitative estimate of drug-likeness (QED) is 0.641. The van der Waals surface area contributed by atoms with Gasteiger partial charge in [-0.15, -0.1) is 0 Å². The van der Waals surface area contributed by atoms with Crippen molar-refractivity contribution in [3.8, 4) is 5.75 Å². The van der Waals surface area contributed by atoms with Crippen molar-refractivity contribution in [3.63, 3.8) is 0 Å². The molecule has 0 radical (unpaired) electrons. The third kappa shape index (κ3) is 4.54. The van der Waals surface area contributed by atoms with Gasteiger partial charge in [-0.05, 0) is 30.3 Å². The minimum absolute atomic E-state index is 0.0427. The molecule has 2 heterocycles. The first-order valence-corrected chi connectivity index (χ1v) is 9.46. The Balaban J connectivity index is 1.40. The smallest absolute Gasteiger partial charge is 0.416 e. The average molecular weight is 416 g/mol. The molecule has 0 N–H and O–H groups in total. The minimum Gasteiger partial charge on any atom is -0.491 e. The number of para-hydroxylation sites is 1. The standard InChI is InChI=1S/C22H19F3N2O3/c23-22(24,25)17-5-3-6-18(11-17)30-14-19-13-27(8-9-29-19)21(28)16-10-15-4-1-2-7-20(15)26-12-16/h1-7,10-12,19H,8-9,13-14H2. The van der Waals surface area contributed by atoms with Crippen LogP contribution >= 0.6 is 0 Å². The number of carbonyl (C=O) groups excluding carboxylic acids is 1. The molecular formula is C22H19F3N2O3. The molecule has 1 amide bonds. The van der Waals surface area contributed by atoms with Crippen LogP contribution in [0.4, 0.5) is 13.2 Å². The number of aromatic nitrogens is 1. The summed E-state index contributed by atoms with van der Waals surface area (Å²) in [4.78, 5) is 18.9. The maximum atomic E-state index is 12.9. The number of benzene rings is 2. The molecule has 4 rings (SSSR count). The lowest BCUT2D eigenvalue weighted by Gasteiger charge is -2.33. The number of amides is 1. The Morgan fingerprint density at radius 1 is 1.17 bits per heavy atom. The number of hydrogen-bond donors (Lipinski definition) is 0. The van der Waals surface area contributed by atoms with Crippen molar-refractivity contribution >= 4 is 16.8 Å². The van der Waals surface area contributed by atoms with E-state index in [0.29, 0.717) is 18.7 Å². The van der Waals surface area contributed by atoms with Crippen molar-refractivity contribution in [1.82, 2.24) is 9.88 Å². The second kappa shape index (κ2) is 8.31. The van der Waals surface area contributed by atoms with Crippen LogP contribution in [0.2, 0.25) is 0 Å². The largest absolute Gasteiger partial charge is 0.491 e. The zero-order valence-corrected chi connectivity index (χ0v) is 15.9. The number of halogens is 3. The summed E-state index contributed by atoms with van der Waals surface area (Å²) in [5.74, 6) is -0.0590. The molecule has 0 bridgehead atoms. The fourth-order valence-corrected chi connectivity index (χ4v) is 3.33. The van der Waals surface area contributed by atoms with Gasteiger partial charge >= 0.3 is 6.18 Å². The second-order valence-electron chi connectivity index (χ2n) is 7.00. The lowest BCUT2D eigenvalue weighted by Crippen LogP contribution is -2.47. The molecule has 2 aromatic carbocycles. The molecule has 30 heavy (non-hydrogen) atoms. The van der Waals surface area contributed by atoms with Gasteiger partial charge in [0.25, 0.3) is 5.91 Å². The number of pyridine rings is 1. The molecule has 1 atom stereocenters. The molecule has 3 aromatic rings. The van der Waals surface area contributed by atoms with Crippen molar-refractivity contribution < 1.29 is 27.4 Å². The van der Waals surface area contributed by atoms with E-state index < -0.39 is 17.8 Å². The van der Waals surface area contributed by atoms with Crippen LogP contribution in [0.3, 0.4) is 0 Å². The monoisotopic (exact) mass is 416 g/mol. The van der Waals surface area contributed by atoms with Gasteiger partial charge in [0.1, 0.15) is 18.5 Å². The van der Waals surface area contributed by atoms with Gasteiger partial charge in [0.15, 0.2) is 0 Å². The Labute approximate surface area is 171 Å². The number of fused-ring (bicyclic) bond motifs is 1. The molecule has 0 spiro atoms. The Hall–Kier alpha value is -3.13. The van der Waals surface area contributed by atoms with Crippen molar-refractivity contribution in [2.45, 2.75) is 12.3 Å². The van der Waals surface area contributed by atoms with E-state index in [0.717, 1.165) is 23.0 Å². The SMILES string of the molecule is O=C(c1cnc2ccccc2c1)N1CCOC(COc2cccc(C(F)(F)F)c2)C1. The summed E-state index contributed by atoms with van der Waals surface area (Å²) in [6, 6.07) is 14.0. The van der Waals surface area contributed by atoms with Crippen molar-refractivity contribution in [3.05, 3.63) is 71.9 Å². The van der Waals surface area contributed by atoms with Crippen LogP contribution < -0.4 is 4.74 Å². The molecule has 0 saturated carbocycles. The van der Waals surface area contributed by atoms with E-state index >= 15 is 0 Å². The summed E-state index contributed by atoms with van der Waals surface area (Å²) in [5.41, 5.74) is 0.515. The van der Waals surface area contributed by atoms with Gasteiger partial charge in [-0.3, -0.25) is 9.78 Å². The van der Waals surface area contributed by atoms with E-state index in [9.17, 15) is 18.0 Å². The minimum atomic E-state index is -4.43. The first kappa shape index (κ1) is 20.2. The summed E-state index contributed by atoms with van der Waals surface area (Å²) < 4.78 is 49.6. The van der Waals surface area contributed by atoms with Crippen LogP contribution in [-0.2, 0) is 10.9 Å². The van der Waals surface area contributed by atoms with Crippen LogP contribution in [0.25, 0.3) is 10.9 Å². The normalized spacial score (nSPS) is 17.2. The van der Waals surface area contributed by atoms with Gasteiger partial charge in [0, 0.05) is 18.1 Å². The maximum absolute atomic E-state index is 12.9. The molecule has 8 heteroatoms. The Kier molecular flexibility index (Phi) is 5.59. The van der Waals surface area contributed by atoms with E-state index in [1.165, 1.54) is 12.1 Å². The third-order valence-corrected chi connectivity index (χ3v) is 4.86. The first-order valence-electron chi connectivity index (χ1n) is 9.46. The summed E-state index contributed by atoms with van der Waals surface area (Å²) in [6.07, 6.45) is -3.32. The predicted molar refractivity (Wildman–Crippen MR) is 104 cm³/mol.